The van der Waals surface area contributed by atoms with Crippen LogP contribution in [0.1, 0.15) is 35.3 Å². The van der Waals surface area contributed by atoms with E-state index in [9.17, 15) is 9.59 Å². The number of hydrogen-bond donors (Lipinski definition) is 3. The molecule has 0 aliphatic rings. The Morgan fingerprint density at radius 3 is 2.41 bits per heavy atom. The highest BCUT2D eigenvalue weighted by molar-refractivity contribution is 7.22. The van der Waals surface area contributed by atoms with Crippen LogP contribution in [0.3, 0.4) is 0 Å². The molecule has 0 saturated heterocycles. The third-order valence-electron chi connectivity index (χ3n) is 3.88. The van der Waals surface area contributed by atoms with Crippen LogP contribution in [0.4, 0.5) is 15.6 Å². The number of carbonyl (C=O) groups excluding carboxylic acids is 2. The van der Waals surface area contributed by atoms with Crippen LogP contribution in [0.15, 0.2) is 36.4 Å². The Kier molecular flexibility index (Phi) is 5.41. The Morgan fingerprint density at radius 2 is 1.74 bits per heavy atom. The van der Waals surface area contributed by atoms with Gasteiger partial charge in [-0.3, -0.25) is 10.1 Å². The SMILES string of the molecule is Cc1cc(C)c2nc(NC(=O)c3ccc(NC(=O)NC(C)C)cc3)sc2c1. The van der Waals surface area contributed by atoms with Crippen molar-refractivity contribution in [2.45, 2.75) is 33.7 Å². The number of aryl methyl sites for hydroxylation is 2. The molecule has 140 valence electrons. The summed E-state index contributed by atoms with van der Waals surface area (Å²) in [5.74, 6) is -0.235. The van der Waals surface area contributed by atoms with E-state index < -0.39 is 0 Å². The molecule has 2 aromatic carbocycles. The lowest BCUT2D eigenvalue weighted by Crippen LogP contribution is -2.34. The van der Waals surface area contributed by atoms with Crippen LogP contribution in [0.25, 0.3) is 10.2 Å². The van der Waals surface area contributed by atoms with Gasteiger partial charge in [-0.05, 0) is 69.2 Å². The lowest BCUT2D eigenvalue weighted by atomic mass is 10.1. The van der Waals surface area contributed by atoms with Gasteiger partial charge in [0.1, 0.15) is 0 Å². The molecule has 27 heavy (non-hydrogen) atoms. The fourth-order valence-electron chi connectivity index (χ4n) is 2.73. The van der Waals surface area contributed by atoms with Crippen LogP contribution >= 0.6 is 11.3 Å². The molecule has 0 fully saturated rings. The van der Waals surface area contributed by atoms with Crippen LogP contribution in [-0.2, 0) is 0 Å². The molecular weight excluding hydrogens is 360 g/mol. The molecule has 1 heterocycles. The number of carbonyl (C=O) groups is 2. The molecule has 3 aromatic rings. The summed E-state index contributed by atoms with van der Waals surface area (Å²) in [6, 6.07) is 10.7. The Bertz CT molecular complexity index is 993. The second-order valence-electron chi connectivity index (χ2n) is 6.73. The molecule has 0 saturated carbocycles. The lowest BCUT2D eigenvalue weighted by molar-refractivity contribution is 0.102. The predicted octanol–water partition coefficient (Wildman–Crippen LogP) is 4.70. The van der Waals surface area contributed by atoms with Gasteiger partial charge < -0.3 is 10.6 Å². The maximum atomic E-state index is 12.5. The first-order valence-corrected chi connectivity index (χ1v) is 9.50. The number of nitrogens with zero attached hydrogens (tertiary/aromatic N) is 1. The molecule has 3 rings (SSSR count). The van der Waals surface area contributed by atoms with Gasteiger partial charge in [-0.2, -0.15) is 0 Å². The first-order valence-electron chi connectivity index (χ1n) is 8.68. The zero-order valence-electron chi connectivity index (χ0n) is 15.7. The number of thiazole rings is 1. The summed E-state index contributed by atoms with van der Waals surface area (Å²) in [4.78, 5) is 28.7. The van der Waals surface area contributed by atoms with Crippen LogP contribution < -0.4 is 16.0 Å². The van der Waals surface area contributed by atoms with Crippen molar-refractivity contribution >= 4 is 44.3 Å². The largest absolute Gasteiger partial charge is 0.336 e. The van der Waals surface area contributed by atoms with E-state index in [0.29, 0.717) is 16.4 Å². The fourth-order valence-corrected chi connectivity index (χ4v) is 3.76. The molecule has 0 unspecified atom stereocenters. The summed E-state index contributed by atoms with van der Waals surface area (Å²) < 4.78 is 1.05. The van der Waals surface area contributed by atoms with E-state index in [1.807, 2.05) is 27.7 Å². The monoisotopic (exact) mass is 382 g/mol. The number of anilines is 2. The van der Waals surface area contributed by atoms with Gasteiger partial charge in [-0.25, -0.2) is 9.78 Å². The maximum absolute atomic E-state index is 12.5. The van der Waals surface area contributed by atoms with E-state index in [1.165, 1.54) is 16.9 Å². The molecular formula is C20H22N4O2S. The van der Waals surface area contributed by atoms with E-state index in [4.69, 9.17) is 0 Å². The third-order valence-corrected chi connectivity index (χ3v) is 4.79. The van der Waals surface area contributed by atoms with E-state index in [0.717, 1.165) is 15.8 Å². The number of nitrogens with one attached hydrogen (secondary N) is 3. The molecule has 7 heteroatoms. The number of amides is 3. The average Bonchev–Trinajstić information content (AvgIpc) is 2.97. The predicted molar refractivity (Wildman–Crippen MR) is 111 cm³/mol. The Hall–Kier alpha value is -2.93. The van der Waals surface area contributed by atoms with Crippen molar-refractivity contribution in [1.82, 2.24) is 10.3 Å². The van der Waals surface area contributed by atoms with Crippen molar-refractivity contribution in [3.05, 3.63) is 53.1 Å². The van der Waals surface area contributed by atoms with Gasteiger partial charge in [0.15, 0.2) is 5.13 Å². The number of urea groups is 1. The molecule has 0 aliphatic carbocycles. The quantitative estimate of drug-likeness (QED) is 0.612. The number of aromatic nitrogens is 1. The van der Waals surface area contributed by atoms with Crippen molar-refractivity contribution in [3.8, 4) is 0 Å². The van der Waals surface area contributed by atoms with E-state index in [-0.39, 0.29) is 18.0 Å². The maximum Gasteiger partial charge on any atom is 0.319 e. The minimum absolute atomic E-state index is 0.0521. The van der Waals surface area contributed by atoms with Crippen molar-refractivity contribution in [1.29, 1.82) is 0 Å². The third kappa shape index (κ3) is 4.62. The summed E-state index contributed by atoms with van der Waals surface area (Å²) in [5, 5.41) is 8.89. The van der Waals surface area contributed by atoms with Crippen molar-refractivity contribution in [2.75, 3.05) is 10.6 Å². The summed E-state index contributed by atoms with van der Waals surface area (Å²) in [6.07, 6.45) is 0. The van der Waals surface area contributed by atoms with Gasteiger partial charge in [-0.1, -0.05) is 17.4 Å². The first kappa shape index (κ1) is 18.8. The molecule has 3 amide bonds. The summed E-state index contributed by atoms with van der Waals surface area (Å²) >= 11 is 1.46. The fraction of sp³-hybridized carbons (Fsp3) is 0.250. The van der Waals surface area contributed by atoms with Crippen LogP contribution in [0.5, 0.6) is 0 Å². The first-order chi connectivity index (χ1) is 12.8. The van der Waals surface area contributed by atoms with Crippen LogP contribution in [-0.4, -0.2) is 23.0 Å². The zero-order valence-corrected chi connectivity index (χ0v) is 16.5. The molecule has 3 N–H and O–H groups in total. The number of benzene rings is 2. The normalized spacial score (nSPS) is 10.9. The molecule has 0 aliphatic heterocycles. The minimum atomic E-state index is -0.276. The van der Waals surface area contributed by atoms with Crippen LogP contribution in [0, 0.1) is 13.8 Å². The Labute approximate surface area is 162 Å². The van der Waals surface area contributed by atoms with Gasteiger partial charge in [0.25, 0.3) is 5.91 Å². The second-order valence-corrected chi connectivity index (χ2v) is 7.76. The molecule has 0 atom stereocenters. The topological polar surface area (TPSA) is 83.1 Å². The molecule has 6 nitrogen and oxygen atoms in total. The van der Waals surface area contributed by atoms with Gasteiger partial charge in [0.05, 0.1) is 10.2 Å². The Morgan fingerprint density at radius 1 is 1.04 bits per heavy atom. The molecule has 0 spiro atoms. The number of hydrogen-bond acceptors (Lipinski definition) is 4. The summed E-state index contributed by atoms with van der Waals surface area (Å²) in [5.41, 5.74) is 4.30. The van der Waals surface area contributed by atoms with Gasteiger partial charge in [0, 0.05) is 17.3 Å². The summed E-state index contributed by atoms with van der Waals surface area (Å²) in [7, 11) is 0. The average molecular weight is 382 g/mol. The van der Waals surface area contributed by atoms with Gasteiger partial charge >= 0.3 is 6.03 Å². The minimum Gasteiger partial charge on any atom is -0.336 e. The van der Waals surface area contributed by atoms with Gasteiger partial charge in [-0.15, -0.1) is 0 Å². The highest BCUT2D eigenvalue weighted by Crippen LogP contribution is 2.29. The zero-order chi connectivity index (χ0) is 19.6. The highest BCUT2D eigenvalue weighted by atomic mass is 32.1. The van der Waals surface area contributed by atoms with Crippen molar-refractivity contribution in [3.63, 3.8) is 0 Å². The summed E-state index contributed by atoms with van der Waals surface area (Å²) in [6.45, 7) is 7.83. The van der Waals surface area contributed by atoms with Crippen molar-refractivity contribution in [2.24, 2.45) is 0 Å². The Balaban J connectivity index is 1.69. The number of fused-ring (bicyclic) bond motifs is 1. The van der Waals surface area contributed by atoms with E-state index in [1.54, 1.807) is 24.3 Å². The number of rotatable bonds is 4. The smallest absolute Gasteiger partial charge is 0.319 e. The molecule has 1 aromatic heterocycles. The highest BCUT2D eigenvalue weighted by Gasteiger charge is 2.12. The van der Waals surface area contributed by atoms with Crippen LogP contribution in [0.2, 0.25) is 0 Å². The second kappa shape index (κ2) is 7.75. The standard InChI is InChI=1S/C20H22N4O2S/c1-11(2)21-19(26)22-15-7-5-14(6-8-15)18(25)24-20-23-17-13(4)9-12(3)10-16(17)27-20/h5-11H,1-4H3,(H2,21,22,26)(H,23,24,25). The lowest BCUT2D eigenvalue weighted by Gasteiger charge is -2.10. The van der Waals surface area contributed by atoms with Gasteiger partial charge in [0.2, 0.25) is 0 Å². The van der Waals surface area contributed by atoms with E-state index in [2.05, 4.69) is 33.1 Å². The molecule has 0 radical (unpaired) electrons. The van der Waals surface area contributed by atoms with E-state index >= 15 is 0 Å². The molecule has 0 bridgehead atoms. The van der Waals surface area contributed by atoms with Crippen molar-refractivity contribution < 1.29 is 9.59 Å².